The number of nitrogens with two attached hydrogens (primary N) is 1. The molecular weight excluding hydrogens is 254 g/mol. The highest BCUT2D eigenvalue weighted by atomic mass is 14.5. The SMILES string of the molecule is CC(C)c1cccc(C(C)C)c1/C=C/c1ccccc1N. The van der Waals surface area contributed by atoms with Gasteiger partial charge in [0.2, 0.25) is 0 Å². The molecule has 21 heavy (non-hydrogen) atoms. The van der Waals surface area contributed by atoms with Crippen LogP contribution in [-0.2, 0) is 0 Å². The largest absolute Gasteiger partial charge is 0.398 e. The van der Waals surface area contributed by atoms with Gasteiger partial charge in [-0.15, -0.1) is 0 Å². The van der Waals surface area contributed by atoms with Crippen molar-refractivity contribution in [2.45, 2.75) is 39.5 Å². The van der Waals surface area contributed by atoms with Crippen molar-refractivity contribution in [1.82, 2.24) is 0 Å². The van der Waals surface area contributed by atoms with Crippen LogP contribution in [0.1, 0.15) is 61.8 Å². The number of benzene rings is 2. The highest BCUT2D eigenvalue weighted by molar-refractivity contribution is 5.78. The standard InChI is InChI=1S/C20H25N/c1-14(2)17-9-7-10-18(15(3)4)19(17)13-12-16-8-5-6-11-20(16)21/h5-15H,21H2,1-4H3/b13-12+. The number of hydrogen-bond acceptors (Lipinski definition) is 1. The van der Waals surface area contributed by atoms with Crippen molar-refractivity contribution < 1.29 is 0 Å². The monoisotopic (exact) mass is 279 g/mol. The van der Waals surface area contributed by atoms with E-state index in [1.54, 1.807) is 0 Å². The molecule has 0 aliphatic rings. The average Bonchev–Trinajstić information content (AvgIpc) is 2.45. The molecule has 0 unspecified atom stereocenters. The molecule has 0 heterocycles. The zero-order chi connectivity index (χ0) is 15.4. The third-order valence-electron chi connectivity index (χ3n) is 3.84. The van der Waals surface area contributed by atoms with Crippen LogP contribution in [0.25, 0.3) is 12.2 Å². The predicted molar refractivity (Wildman–Crippen MR) is 94.4 cm³/mol. The van der Waals surface area contributed by atoms with Crippen LogP contribution in [0.4, 0.5) is 5.69 Å². The smallest absolute Gasteiger partial charge is 0.0387 e. The molecule has 0 saturated carbocycles. The van der Waals surface area contributed by atoms with Gasteiger partial charge in [0.05, 0.1) is 0 Å². The first-order valence-corrected chi connectivity index (χ1v) is 7.66. The fourth-order valence-corrected chi connectivity index (χ4v) is 2.64. The predicted octanol–water partition coefficient (Wildman–Crippen LogP) is 5.69. The number of anilines is 1. The molecule has 2 aromatic carbocycles. The molecule has 0 atom stereocenters. The number of rotatable bonds is 4. The lowest BCUT2D eigenvalue weighted by molar-refractivity contribution is 0.829. The Balaban J connectivity index is 2.49. The van der Waals surface area contributed by atoms with Crippen LogP contribution < -0.4 is 5.73 Å². The second-order valence-corrected chi connectivity index (χ2v) is 6.12. The molecule has 110 valence electrons. The van der Waals surface area contributed by atoms with Crippen LogP contribution in [0.3, 0.4) is 0 Å². The fraction of sp³-hybridized carbons (Fsp3) is 0.300. The van der Waals surface area contributed by atoms with Gasteiger partial charge in [-0.3, -0.25) is 0 Å². The Hall–Kier alpha value is -2.02. The molecule has 0 aromatic heterocycles. The first-order chi connectivity index (χ1) is 10.0. The molecule has 0 aliphatic heterocycles. The van der Waals surface area contributed by atoms with Gasteiger partial charge >= 0.3 is 0 Å². The van der Waals surface area contributed by atoms with E-state index in [2.05, 4.69) is 64.1 Å². The minimum absolute atomic E-state index is 0.511. The van der Waals surface area contributed by atoms with E-state index in [1.165, 1.54) is 16.7 Å². The van der Waals surface area contributed by atoms with Gasteiger partial charge in [-0.1, -0.05) is 76.2 Å². The van der Waals surface area contributed by atoms with E-state index in [-0.39, 0.29) is 0 Å². The third kappa shape index (κ3) is 3.55. The van der Waals surface area contributed by atoms with Gasteiger partial charge in [0, 0.05) is 5.69 Å². The summed E-state index contributed by atoms with van der Waals surface area (Å²) in [6.07, 6.45) is 4.35. The first kappa shape index (κ1) is 15.4. The van der Waals surface area contributed by atoms with E-state index < -0.39 is 0 Å². The summed E-state index contributed by atoms with van der Waals surface area (Å²) in [5.74, 6) is 1.02. The molecule has 1 nitrogen and oxygen atoms in total. The number of para-hydroxylation sites is 1. The second kappa shape index (κ2) is 6.62. The van der Waals surface area contributed by atoms with Crippen LogP contribution in [0.5, 0.6) is 0 Å². The highest BCUT2D eigenvalue weighted by Gasteiger charge is 2.11. The van der Waals surface area contributed by atoms with E-state index in [9.17, 15) is 0 Å². The zero-order valence-electron chi connectivity index (χ0n) is 13.4. The summed E-state index contributed by atoms with van der Waals surface area (Å²) in [5, 5.41) is 0. The van der Waals surface area contributed by atoms with Crippen LogP contribution in [0.2, 0.25) is 0 Å². The quantitative estimate of drug-likeness (QED) is 0.565. The van der Waals surface area contributed by atoms with E-state index in [4.69, 9.17) is 5.73 Å². The molecule has 2 aromatic rings. The van der Waals surface area contributed by atoms with Gasteiger partial charge in [0.25, 0.3) is 0 Å². The number of hydrogen-bond donors (Lipinski definition) is 1. The molecular formula is C20H25N. The Morgan fingerprint density at radius 1 is 0.762 bits per heavy atom. The van der Waals surface area contributed by atoms with Gasteiger partial charge in [-0.25, -0.2) is 0 Å². The van der Waals surface area contributed by atoms with Gasteiger partial charge in [0.1, 0.15) is 0 Å². The van der Waals surface area contributed by atoms with Gasteiger partial charge in [0.15, 0.2) is 0 Å². The molecule has 2 N–H and O–H groups in total. The Morgan fingerprint density at radius 3 is 1.86 bits per heavy atom. The van der Waals surface area contributed by atoms with E-state index >= 15 is 0 Å². The summed E-state index contributed by atoms with van der Waals surface area (Å²) in [6, 6.07) is 14.6. The zero-order valence-corrected chi connectivity index (χ0v) is 13.4. The number of nitrogen functional groups attached to an aromatic ring is 1. The van der Waals surface area contributed by atoms with E-state index in [0.717, 1.165) is 11.3 Å². The minimum atomic E-state index is 0.511. The fourth-order valence-electron chi connectivity index (χ4n) is 2.64. The topological polar surface area (TPSA) is 26.0 Å². The summed E-state index contributed by atoms with van der Waals surface area (Å²) in [6.45, 7) is 8.97. The van der Waals surface area contributed by atoms with Crippen LogP contribution >= 0.6 is 0 Å². The summed E-state index contributed by atoms with van der Waals surface area (Å²) >= 11 is 0. The Bertz CT molecular complexity index is 610. The molecule has 0 radical (unpaired) electrons. The summed E-state index contributed by atoms with van der Waals surface area (Å²) < 4.78 is 0. The van der Waals surface area contributed by atoms with Crippen LogP contribution in [-0.4, -0.2) is 0 Å². The Kier molecular flexibility index (Phi) is 4.85. The van der Waals surface area contributed by atoms with Crippen LogP contribution in [0, 0.1) is 0 Å². The highest BCUT2D eigenvalue weighted by Crippen LogP contribution is 2.29. The summed E-state index contributed by atoms with van der Waals surface area (Å²) in [4.78, 5) is 0. The van der Waals surface area contributed by atoms with Crippen molar-refractivity contribution in [3.63, 3.8) is 0 Å². The minimum Gasteiger partial charge on any atom is -0.398 e. The van der Waals surface area contributed by atoms with Gasteiger partial charge in [-0.05, 0) is 40.2 Å². The molecule has 0 bridgehead atoms. The maximum absolute atomic E-state index is 6.03. The molecule has 2 rings (SSSR count). The lowest BCUT2D eigenvalue weighted by Crippen LogP contribution is -1.99. The van der Waals surface area contributed by atoms with Gasteiger partial charge < -0.3 is 5.73 Å². The lowest BCUT2D eigenvalue weighted by atomic mass is 9.88. The van der Waals surface area contributed by atoms with Crippen molar-refractivity contribution in [3.8, 4) is 0 Å². The third-order valence-corrected chi connectivity index (χ3v) is 3.84. The van der Waals surface area contributed by atoms with Crippen molar-refractivity contribution in [1.29, 1.82) is 0 Å². The van der Waals surface area contributed by atoms with Crippen molar-refractivity contribution >= 4 is 17.8 Å². The second-order valence-electron chi connectivity index (χ2n) is 6.12. The maximum Gasteiger partial charge on any atom is 0.0387 e. The normalized spacial score (nSPS) is 11.7. The molecule has 0 saturated heterocycles. The van der Waals surface area contributed by atoms with E-state index in [1.807, 2.05) is 18.2 Å². The maximum atomic E-state index is 6.03. The molecule has 0 spiro atoms. The first-order valence-electron chi connectivity index (χ1n) is 7.66. The Morgan fingerprint density at radius 2 is 1.33 bits per heavy atom. The van der Waals surface area contributed by atoms with Crippen molar-refractivity contribution in [3.05, 3.63) is 64.7 Å². The van der Waals surface area contributed by atoms with Gasteiger partial charge in [-0.2, -0.15) is 0 Å². The molecule has 0 aliphatic carbocycles. The summed E-state index contributed by atoms with van der Waals surface area (Å²) in [7, 11) is 0. The average molecular weight is 279 g/mol. The lowest BCUT2D eigenvalue weighted by Gasteiger charge is -2.17. The van der Waals surface area contributed by atoms with E-state index in [0.29, 0.717) is 11.8 Å². The van der Waals surface area contributed by atoms with Crippen molar-refractivity contribution in [2.24, 2.45) is 0 Å². The Labute approximate surface area is 128 Å². The molecule has 1 heteroatoms. The van der Waals surface area contributed by atoms with Crippen LogP contribution in [0.15, 0.2) is 42.5 Å². The molecule has 0 amide bonds. The molecule has 0 fully saturated rings. The van der Waals surface area contributed by atoms with Crippen molar-refractivity contribution in [2.75, 3.05) is 5.73 Å². The summed E-state index contributed by atoms with van der Waals surface area (Å²) in [5.41, 5.74) is 12.1.